The van der Waals surface area contributed by atoms with Crippen LogP contribution in [0.25, 0.3) is 0 Å². The van der Waals surface area contributed by atoms with Gasteiger partial charge < -0.3 is 0 Å². The van der Waals surface area contributed by atoms with Gasteiger partial charge in [0.2, 0.25) is 0 Å². The fraction of sp³-hybridized carbons (Fsp3) is 0.250. The van der Waals surface area contributed by atoms with Crippen LogP contribution in [0, 0.1) is 12.7 Å². The van der Waals surface area contributed by atoms with Gasteiger partial charge >= 0.3 is 0 Å². The topological polar surface area (TPSA) is 3.24 Å². The van der Waals surface area contributed by atoms with Crippen LogP contribution in [0.2, 0.25) is 0 Å². The van der Waals surface area contributed by atoms with Crippen LogP contribution in [-0.2, 0) is 13.1 Å². The van der Waals surface area contributed by atoms with Crippen LogP contribution in [0.5, 0.6) is 0 Å². The lowest BCUT2D eigenvalue weighted by atomic mass is 10.1. The van der Waals surface area contributed by atoms with Gasteiger partial charge in [-0.25, -0.2) is 4.39 Å². The van der Waals surface area contributed by atoms with Gasteiger partial charge in [0.15, 0.2) is 0 Å². The van der Waals surface area contributed by atoms with Crippen LogP contribution in [0.1, 0.15) is 16.7 Å². The molecular weight excluding hydrogens is 225 g/mol. The molecule has 0 atom stereocenters. The highest BCUT2D eigenvalue weighted by Gasteiger charge is 2.03. The Morgan fingerprint density at radius 1 is 0.944 bits per heavy atom. The molecule has 0 N–H and O–H groups in total. The van der Waals surface area contributed by atoms with Gasteiger partial charge in [-0.3, -0.25) is 4.90 Å². The molecular formula is C16H18FN. The van der Waals surface area contributed by atoms with Gasteiger partial charge in [0.1, 0.15) is 5.82 Å². The highest BCUT2D eigenvalue weighted by Crippen LogP contribution is 2.12. The number of aryl methyl sites for hydroxylation is 1. The molecule has 0 unspecified atom stereocenters. The van der Waals surface area contributed by atoms with E-state index in [0.29, 0.717) is 0 Å². The first-order valence-electron chi connectivity index (χ1n) is 6.12. The van der Waals surface area contributed by atoms with Crippen LogP contribution in [0.15, 0.2) is 48.5 Å². The minimum atomic E-state index is -0.180. The van der Waals surface area contributed by atoms with Crippen molar-refractivity contribution in [3.63, 3.8) is 0 Å². The summed E-state index contributed by atoms with van der Waals surface area (Å²) in [5.74, 6) is -0.180. The van der Waals surface area contributed by atoms with Crippen LogP contribution in [-0.4, -0.2) is 11.9 Å². The smallest absolute Gasteiger partial charge is 0.123 e. The molecule has 2 aromatic rings. The van der Waals surface area contributed by atoms with E-state index in [4.69, 9.17) is 0 Å². The Balaban J connectivity index is 1.99. The molecule has 0 radical (unpaired) electrons. The first-order chi connectivity index (χ1) is 8.65. The number of benzene rings is 2. The van der Waals surface area contributed by atoms with Crippen molar-refractivity contribution in [2.45, 2.75) is 20.0 Å². The minimum Gasteiger partial charge on any atom is -0.298 e. The van der Waals surface area contributed by atoms with Gasteiger partial charge in [-0.1, -0.05) is 36.4 Å². The SMILES string of the molecule is Cc1ccccc1CN(C)Cc1ccc(F)cc1. The first-order valence-corrected chi connectivity index (χ1v) is 6.12. The average Bonchev–Trinajstić information content (AvgIpc) is 2.35. The van der Waals surface area contributed by atoms with E-state index in [2.05, 4.69) is 43.1 Å². The third kappa shape index (κ3) is 3.41. The fourth-order valence-corrected chi connectivity index (χ4v) is 2.04. The third-order valence-electron chi connectivity index (χ3n) is 3.07. The second-order valence-corrected chi connectivity index (χ2v) is 4.73. The predicted octanol–water partition coefficient (Wildman–Crippen LogP) is 3.77. The van der Waals surface area contributed by atoms with E-state index in [-0.39, 0.29) is 5.82 Å². The molecule has 1 nitrogen and oxygen atoms in total. The highest BCUT2D eigenvalue weighted by molar-refractivity contribution is 5.25. The van der Waals surface area contributed by atoms with Gasteiger partial charge in [-0.15, -0.1) is 0 Å². The molecule has 2 rings (SSSR count). The highest BCUT2D eigenvalue weighted by atomic mass is 19.1. The van der Waals surface area contributed by atoms with Crippen molar-refractivity contribution < 1.29 is 4.39 Å². The molecule has 0 saturated carbocycles. The predicted molar refractivity (Wildman–Crippen MR) is 72.8 cm³/mol. The summed E-state index contributed by atoms with van der Waals surface area (Å²) in [7, 11) is 2.08. The second-order valence-electron chi connectivity index (χ2n) is 4.73. The largest absolute Gasteiger partial charge is 0.298 e. The van der Waals surface area contributed by atoms with Crippen molar-refractivity contribution >= 4 is 0 Å². The summed E-state index contributed by atoms with van der Waals surface area (Å²) in [5.41, 5.74) is 3.78. The van der Waals surface area contributed by atoms with Crippen molar-refractivity contribution in [3.05, 3.63) is 71.0 Å². The summed E-state index contributed by atoms with van der Waals surface area (Å²) in [5, 5.41) is 0. The standard InChI is InChI=1S/C16H18FN/c1-13-5-3-4-6-15(13)12-18(2)11-14-7-9-16(17)10-8-14/h3-10H,11-12H2,1-2H3. The van der Waals surface area contributed by atoms with Crippen LogP contribution >= 0.6 is 0 Å². The normalized spacial score (nSPS) is 10.9. The number of hydrogen-bond donors (Lipinski definition) is 0. The number of hydrogen-bond acceptors (Lipinski definition) is 1. The summed E-state index contributed by atoms with van der Waals surface area (Å²) in [6, 6.07) is 15.1. The molecule has 0 fully saturated rings. The zero-order chi connectivity index (χ0) is 13.0. The monoisotopic (exact) mass is 243 g/mol. The minimum absolute atomic E-state index is 0.180. The Morgan fingerprint density at radius 2 is 1.61 bits per heavy atom. The maximum atomic E-state index is 12.8. The lowest BCUT2D eigenvalue weighted by molar-refractivity contribution is 0.318. The summed E-state index contributed by atoms with van der Waals surface area (Å²) in [6.07, 6.45) is 0. The average molecular weight is 243 g/mol. The van der Waals surface area contributed by atoms with E-state index in [9.17, 15) is 4.39 Å². The van der Waals surface area contributed by atoms with E-state index in [1.807, 2.05) is 12.1 Å². The molecule has 0 bridgehead atoms. The zero-order valence-electron chi connectivity index (χ0n) is 10.9. The molecule has 0 spiro atoms. The van der Waals surface area contributed by atoms with Crippen LogP contribution < -0.4 is 0 Å². The molecule has 2 heteroatoms. The molecule has 18 heavy (non-hydrogen) atoms. The van der Waals surface area contributed by atoms with Gasteiger partial charge in [0.05, 0.1) is 0 Å². The Bertz CT molecular complexity index is 505. The van der Waals surface area contributed by atoms with Gasteiger partial charge in [-0.2, -0.15) is 0 Å². The quantitative estimate of drug-likeness (QED) is 0.790. The molecule has 0 saturated heterocycles. The first kappa shape index (κ1) is 12.8. The molecule has 0 aliphatic carbocycles. The van der Waals surface area contributed by atoms with E-state index >= 15 is 0 Å². The molecule has 0 amide bonds. The lowest BCUT2D eigenvalue weighted by Crippen LogP contribution is -2.17. The fourth-order valence-electron chi connectivity index (χ4n) is 2.04. The third-order valence-corrected chi connectivity index (χ3v) is 3.07. The summed E-state index contributed by atoms with van der Waals surface area (Å²) >= 11 is 0. The van der Waals surface area contributed by atoms with Gasteiger partial charge in [0, 0.05) is 13.1 Å². The number of rotatable bonds is 4. The van der Waals surface area contributed by atoms with Crippen molar-refractivity contribution in [1.29, 1.82) is 0 Å². The molecule has 0 aromatic heterocycles. The van der Waals surface area contributed by atoms with Gasteiger partial charge in [-0.05, 0) is 42.8 Å². The Morgan fingerprint density at radius 3 is 2.28 bits per heavy atom. The van der Waals surface area contributed by atoms with Crippen molar-refractivity contribution in [1.82, 2.24) is 4.90 Å². The molecule has 0 aliphatic rings. The summed E-state index contributed by atoms with van der Waals surface area (Å²) in [6.45, 7) is 3.86. The van der Waals surface area contributed by atoms with Crippen molar-refractivity contribution in [2.75, 3.05) is 7.05 Å². The van der Waals surface area contributed by atoms with Crippen molar-refractivity contribution in [3.8, 4) is 0 Å². The Hall–Kier alpha value is -1.67. The zero-order valence-corrected chi connectivity index (χ0v) is 10.9. The Kier molecular flexibility index (Phi) is 4.11. The number of nitrogens with zero attached hydrogens (tertiary/aromatic N) is 1. The second kappa shape index (κ2) is 5.78. The summed E-state index contributed by atoms with van der Waals surface area (Å²) < 4.78 is 12.8. The summed E-state index contributed by atoms with van der Waals surface area (Å²) in [4.78, 5) is 2.23. The van der Waals surface area contributed by atoms with Gasteiger partial charge in [0.25, 0.3) is 0 Å². The molecule has 2 aromatic carbocycles. The number of halogens is 1. The maximum Gasteiger partial charge on any atom is 0.123 e. The molecule has 0 aliphatic heterocycles. The van der Waals surface area contributed by atoms with E-state index < -0.39 is 0 Å². The molecule has 0 heterocycles. The molecule has 94 valence electrons. The van der Waals surface area contributed by atoms with Crippen LogP contribution in [0.3, 0.4) is 0 Å². The van der Waals surface area contributed by atoms with E-state index in [0.717, 1.165) is 18.7 Å². The van der Waals surface area contributed by atoms with Crippen molar-refractivity contribution in [2.24, 2.45) is 0 Å². The van der Waals surface area contributed by atoms with E-state index in [1.54, 1.807) is 0 Å². The van der Waals surface area contributed by atoms with E-state index in [1.165, 1.54) is 23.3 Å². The Labute approximate surface area is 108 Å². The lowest BCUT2D eigenvalue weighted by Gasteiger charge is -2.18. The van der Waals surface area contributed by atoms with Crippen LogP contribution in [0.4, 0.5) is 4.39 Å². The maximum absolute atomic E-state index is 12.8.